The minimum Gasteiger partial charge on any atom is -0.365 e. The SMILES string of the molecule is CCc1csc(CNC(=O)C2(C)CCCO2)n1. The van der Waals surface area contributed by atoms with Gasteiger partial charge in [-0.15, -0.1) is 11.3 Å². The highest BCUT2D eigenvalue weighted by Gasteiger charge is 2.37. The molecule has 0 radical (unpaired) electrons. The van der Waals surface area contributed by atoms with Gasteiger partial charge in [0, 0.05) is 12.0 Å². The number of carbonyl (C=O) groups is 1. The second kappa shape index (κ2) is 5.14. The standard InChI is InChI=1S/C12H18N2O2S/c1-3-9-8-17-10(14-9)7-13-11(15)12(2)5-4-6-16-12/h8H,3-7H2,1-2H3,(H,13,15). The van der Waals surface area contributed by atoms with Gasteiger partial charge in [0.05, 0.1) is 12.2 Å². The third-order valence-electron chi connectivity index (χ3n) is 3.06. The average Bonchev–Trinajstić information content (AvgIpc) is 2.95. The van der Waals surface area contributed by atoms with Crippen molar-refractivity contribution in [2.75, 3.05) is 6.61 Å². The molecular formula is C12H18N2O2S. The molecule has 17 heavy (non-hydrogen) atoms. The molecule has 1 aromatic heterocycles. The number of hydrogen-bond donors (Lipinski definition) is 1. The Kier molecular flexibility index (Phi) is 3.79. The first-order chi connectivity index (χ1) is 8.14. The highest BCUT2D eigenvalue weighted by molar-refractivity contribution is 7.09. The Morgan fingerprint density at radius 3 is 3.12 bits per heavy atom. The fraction of sp³-hybridized carbons (Fsp3) is 0.667. The lowest BCUT2D eigenvalue weighted by Crippen LogP contribution is -2.43. The second-order valence-corrected chi connectivity index (χ2v) is 5.39. The van der Waals surface area contributed by atoms with Crippen LogP contribution in [0.3, 0.4) is 0 Å². The van der Waals surface area contributed by atoms with Gasteiger partial charge in [-0.1, -0.05) is 6.92 Å². The number of amides is 1. The molecule has 1 aliphatic rings. The Labute approximate surface area is 105 Å². The number of hydrogen-bond acceptors (Lipinski definition) is 4. The summed E-state index contributed by atoms with van der Waals surface area (Å²) in [7, 11) is 0. The molecule has 4 nitrogen and oxygen atoms in total. The first-order valence-electron chi connectivity index (χ1n) is 5.99. The number of ether oxygens (including phenoxy) is 1. The second-order valence-electron chi connectivity index (χ2n) is 4.45. The van der Waals surface area contributed by atoms with Gasteiger partial charge in [0.2, 0.25) is 0 Å². The van der Waals surface area contributed by atoms with Crippen molar-refractivity contribution >= 4 is 17.2 Å². The highest BCUT2D eigenvalue weighted by atomic mass is 32.1. The number of aromatic nitrogens is 1. The predicted octanol–water partition coefficient (Wildman–Crippen LogP) is 1.89. The molecule has 0 bridgehead atoms. The number of aryl methyl sites for hydroxylation is 1. The number of nitrogens with one attached hydrogen (secondary N) is 1. The van der Waals surface area contributed by atoms with Gasteiger partial charge in [-0.2, -0.15) is 0 Å². The number of rotatable bonds is 4. The van der Waals surface area contributed by atoms with E-state index in [-0.39, 0.29) is 5.91 Å². The number of thiazole rings is 1. The van der Waals surface area contributed by atoms with E-state index in [0.29, 0.717) is 13.2 Å². The maximum Gasteiger partial charge on any atom is 0.252 e. The molecular weight excluding hydrogens is 236 g/mol. The maximum atomic E-state index is 12.0. The summed E-state index contributed by atoms with van der Waals surface area (Å²) < 4.78 is 5.49. The minimum atomic E-state index is -0.634. The molecule has 1 atom stereocenters. The molecule has 2 rings (SSSR count). The van der Waals surface area contributed by atoms with Crippen LogP contribution >= 0.6 is 11.3 Å². The normalized spacial score (nSPS) is 23.9. The Morgan fingerprint density at radius 2 is 2.53 bits per heavy atom. The van der Waals surface area contributed by atoms with E-state index in [1.165, 1.54) is 0 Å². The Morgan fingerprint density at radius 1 is 1.71 bits per heavy atom. The molecule has 1 aromatic rings. The predicted molar refractivity (Wildman–Crippen MR) is 66.9 cm³/mol. The van der Waals surface area contributed by atoms with E-state index >= 15 is 0 Å². The maximum absolute atomic E-state index is 12.0. The van der Waals surface area contributed by atoms with Gasteiger partial charge in [0.25, 0.3) is 5.91 Å². The van der Waals surface area contributed by atoms with Gasteiger partial charge in [-0.05, 0) is 26.2 Å². The summed E-state index contributed by atoms with van der Waals surface area (Å²) in [6.07, 6.45) is 2.70. The molecule has 1 saturated heterocycles. The molecule has 0 aliphatic carbocycles. The monoisotopic (exact) mass is 254 g/mol. The molecule has 1 fully saturated rings. The molecule has 2 heterocycles. The van der Waals surface area contributed by atoms with E-state index in [0.717, 1.165) is 30.0 Å². The average molecular weight is 254 g/mol. The van der Waals surface area contributed by atoms with Crippen molar-refractivity contribution in [2.24, 2.45) is 0 Å². The van der Waals surface area contributed by atoms with Gasteiger partial charge in [-0.3, -0.25) is 4.79 Å². The zero-order valence-electron chi connectivity index (χ0n) is 10.3. The molecule has 94 valence electrons. The lowest BCUT2D eigenvalue weighted by Gasteiger charge is -2.21. The van der Waals surface area contributed by atoms with Crippen LogP contribution in [0.2, 0.25) is 0 Å². The summed E-state index contributed by atoms with van der Waals surface area (Å²) in [5.41, 5.74) is 0.452. The zero-order valence-corrected chi connectivity index (χ0v) is 11.1. The molecule has 1 unspecified atom stereocenters. The van der Waals surface area contributed by atoms with Crippen LogP contribution in [0.5, 0.6) is 0 Å². The van der Waals surface area contributed by atoms with Crippen molar-refractivity contribution in [3.63, 3.8) is 0 Å². The first-order valence-corrected chi connectivity index (χ1v) is 6.87. The summed E-state index contributed by atoms with van der Waals surface area (Å²) >= 11 is 1.59. The molecule has 1 N–H and O–H groups in total. The molecule has 0 aromatic carbocycles. The van der Waals surface area contributed by atoms with Crippen molar-refractivity contribution in [3.05, 3.63) is 16.1 Å². The van der Waals surface area contributed by atoms with Crippen molar-refractivity contribution in [1.29, 1.82) is 0 Å². The third kappa shape index (κ3) is 2.84. The summed E-state index contributed by atoms with van der Waals surface area (Å²) in [4.78, 5) is 16.4. The fourth-order valence-corrected chi connectivity index (χ4v) is 2.71. The van der Waals surface area contributed by atoms with E-state index in [4.69, 9.17) is 4.74 Å². The molecule has 0 saturated carbocycles. The van der Waals surface area contributed by atoms with Crippen LogP contribution in [0.15, 0.2) is 5.38 Å². The molecule has 1 amide bonds. The van der Waals surface area contributed by atoms with Gasteiger partial charge >= 0.3 is 0 Å². The first kappa shape index (κ1) is 12.5. The fourth-order valence-electron chi connectivity index (χ4n) is 1.89. The van der Waals surface area contributed by atoms with Crippen molar-refractivity contribution in [1.82, 2.24) is 10.3 Å². The third-order valence-corrected chi connectivity index (χ3v) is 3.96. The Hall–Kier alpha value is -0.940. The minimum absolute atomic E-state index is 0.0248. The number of nitrogens with zero attached hydrogens (tertiary/aromatic N) is 1. The smallest absolute Gasteiger partial charge is 0.252 e. The molecule has 0 spiro atoms. The van der Waals surface area contributed by atoms with Gasteiger partial charge in [0.1, 0.15) is 10.6 Å². The lowest BCUT2D eigenvalue weighted by molar-refractivity contribution is -0.139. The van der Waals surface area contributed by atoms with Crippen LogP contribution in [-0.4, -0.2) is 23.1 Å². The van der Waals surface area contributed by atoms with Crippen LogP contribution in [0.25, 0.3) is 0 Å². The van der Waals surface area contributed by atoms with Gasteiger partial charge in [0.15, 0.2) is 0 Å². The summed E-state index contributed by atoms with van der Waals surface area (Å²) in [5.74, 6) is -0.0248. The van der Waals surface area contributed by atoms with E-state index < -0.39 is 5.60 Å². The van der Waals surface area contributed by atoms with Gasteiger partial charge in [-0.25, -0.2) is 4.98 Å². The van der Waals surface area contributed by atoms with Crippen LogP contribution < -0.4 is 5.32 Å². The van der Waals surface area contributed by atoms with Crippen LogP contribution in [-0.2, 0) is 22.5 Å². The topological polar surface area (TPSA) is 51.2 Å². The van der Waals surface area contributed by atoms with E-state index in [1.807, 2.05) is 12.3 Å². The zero-order chi connectivity index (χ0) is 12.3. The van der Waals surface area contributed by atoms with Gasteiger partial charge < -0.3 is 10.1 Å². The van der Waals surface area contributed by atoms with Crippen LogP contribution in [0.1, 0.15) is 37.4 Å². The van der Waals surface area contributed by atoms with Crippen LogP contribution in [0.4, 0.5) is 0 Å². The van der Waals surface area contributed by atoms with E-state index in [2.05, 4.69) is 17.2 Å². The van der Waals surface area contributed by atoms with Crippen molar-refractivity contribution in [2.45, 2.75) is 45.3 Å². The summed E-state index contributed by atoms with van der Waals surface area (Å²) in [5, 5.41) is 5.90. The molecule has 5 heteroatoms. The highest BCUT2D eigenvalue weighted by Crippen LogP contribution is 2.25. The van der Waals surface area contributed by atoms with E-state index in [1.54, 1.807) is 11.3 Å². The summed E-state index contributed by atoms with van der Waals surface area (Å²) in [6, 6.07) is 0. The Bertz CT molecular complexity index is 397. The lowest BCUT2D eigenvalue weighted by atomic mass is 10.0. The summed E-state index contributed by atoms with van der Waals surface area (Å²) in [6.45, 7) is 5.11. The van der Waals surface area contributed by atoms with Crippen molar-refractivity contribution in [3.8, 4) is 0 Å². The van der Waals surface area contributed by atoms with Crippen molar-refractivity contribution < 1.29 is 9.53 Å². The van der Waals surface area contributed by atoms with Crippen LogP contribution in [0, 0.1) is 0 Å². The largest absolute Gasteiger partial charge is 0.365 e. The quantitative estimate of drug-likeness (QED) is 0.892. The number of carbonyl (C=O) groups excluding carboxylic acids is 1. The Balaban J connectivity index is 1.87. The molecule has 1 aliphatic heterocycles. The van der Waals surface area contributed by atoms with E-state index in [9.17, 15) is 4.79 Å².